The fourth-order valence-electron chi connectivity index (χ4n) is 2.52. The fraction of sp³-hybridized carbons (Fsp3) is 0.600. The maximum atomic E-state index is 10.6. The first kappa shape index (κ1) is 15.9. The molecule has 1 aliphatic heterocycles. The molecule has 2 atom stereocenters. The summed E-state index contributed by atoms with van der Waals surface area (Å²) in [6.07, 6.45) is 1.25. The van der Waals surface area contributed by atoms with Crippen LogP contribution in [0.15, 0.2) is 24.3 Å². The second-order valence-electron chi connectivity index (χ2n) is 5.36. The number of hydrogen-bond acceptors (Lipinski definition) is 5. The molecule has 6 nitrogen and oxygen atoms in total. The van der Waals surface area contributed by atoms with E-state index in [0.717, 1.165) is 25.9 Å². The summed E-state index contributed by atoms with van der Waals surface area (Å²) in [5, 5.41) is 21.0. The predicted octanol–water partition coefficient (Wildman–Crippen LogP) is 2.13. The molecule has 0 unspecified atom stereocenters. The molecule has 0 saturated carbocycles. The molecule has 0 bridgehead atoms. The average molecular weight is 294 g/mol. The van der Waals surface area contributed by atoms with Gasteiger partial charge < -0.3 is 9.84 Å². The largest absolute Gasteiger partial charge is 0.386 e. The quantitative estimate of drug-likeness (QED) is 0.642. The maximum Gasteiger partial charge on any atom is 0.269 e. The Morgan fingerprint density at radius 1 is 1.48 bits per heavy atom. The highest BCUT2D eigenvalue weighted by molar-refractivity contribution is 5.34. The van der Waals surface area contributed by atoms with E-state index in [1.165, 1.54) is 12.1 Å². The minimum Gasteiger partial charge on any atom is -0.386 e. The summed E-state index contributed by atoms with van der Waals surface area (Å²) in [5.41, 5.74) is 0.683. The van der Waals surface area contributed by atoms with Crippen LogP contribution >= 0.6 is 0 Å². The zero-order chi connectivity index (χ0) is 15.2. The number of morpholine rings is 1. The Hall–Kier alpha value is -1.50. The van der Waals surface area contributed by atoms with Crippen molar-refractivity contribution in [3.05, 3.63) is 39.9 Å². The molecule has 0 aromatic heterocycles. The normalized spacial score (nSPS) is 21.1. The lowest BCUT2D eigenvalue weighted by atomic mass is 10.0. The second-order valence-corrected chi connectivity index (χ2v) is 5.36. The van der Waals surface area contributed by atoms with E-state index in [2.05, 4.69) is 11.8 Å². The van der Waals surface area contributed by atoms with E-state index in [1.807, 2.05) is 0 Å². The van der Waals surface area contributed by atoms with Gasteiger partial charge in [-0.25, -0.2) is 0 Å². The zero-order valence-electron chi connectivity index (χ0n) is 12.3. The third-order valence-electron chi connectivity index (χ3n) is 3.80. The summed E-state index contributed by atoms with van der Waals surface area (Å²) in [4.78, 5) is 12.5. The van der Waals surface area contributed by atoms with Gasteiger partial charge in [0.05, 0.1) is 11.5 Å². The van der Waals surface area contributed by atoms with E-state index in [4.69, 9.17) is 4.74 Å². The Labute approximate surface area is 124 Å². The first-order valence-electron chi connectivity index (χ1n) is 7.38. The highest BCUT2D eigenvalue weighted by Gasteiger charge is 2.27. The molecule has 2 rings (SSSR count). The number of benzene rings is 1. The molecule has 21 heavy (non-hydrogen) atoms. The second kappa shape index (κ2) is 7.49. The molecule has 1 aliphatic rings. The third-order valence-corrected chi connectivity index (χ3v) is 3.80. The van der Waals surface area contributed by atoms with Crippen molar-refractivity contribution in [2.24, 2.45) is 0 Å². The van der Waals surface area contributed by atoms with Gasteiger partial charge in [0.1, 0.15) is 12.2 Å². The lowest BCUT2D eigenvalue weighted by Gasteiger charge is -2.35. The van der Waals surface area contributed by atoms with E-state index >= 15 is 0 Å². The molecule has 1 fully saturated rings. The van der Waals surface area contributed by atoms with E-state index in [9.17, 15) is 15.2 Å². The van der Waals surface area contributed by atoms with E-state index in [0.29, 0.717) is 18.7 Å². The molecule has 1 saturated heterocycles. The van der Waals surface area contributed by atoms with Crippen LogP contribution in [0.3, 0.4) is 0 Å². The van der Waals surface area contributed by atoms with Crippen molar-refractivity contribution in [3.8, 4) is 0 Å². The lowest BCUT2D eigenvalue weighted by molar-refractivity contribution is -0.384. The van der Waals surface area contributed by atoms with Gasteiger partial charge in [-0.1, -0.05) is 13.3 Å². The highest BCUT2D eigenvalue weighted by Crippen LogP contribution is 2.24. The lowest BCUT2D eigenvalue weighted by Crippen LogP contribution is -2.45. The number of hydrogen-bond donors (Lipinski definition) is 1. The monoisotopic (exact) mass is 294 g/mol. The molecule has 0 radical (unpaired) electrons. The number of non-ortho nitro benzene ring substituents is 1. The van der Waals surface area contributed by atoms with Gasteiger partial charge in [0.25, 0.3) is 5.69 Å². The summed E-state index contributed by atoms with van der Waals surface area (Å²) < 4.78 is 5.66. The van der Waals surface area contributed by atoms with Crippen molar-refractivity contribution >= 4 is 5.69 Å². The van der Waals surface area contributed by atoms with Crippen LogP contribution in [0.2, 0.25) is 0 Å². The number of aliphatic hydroxyl groups is 1. The van der Waals surface area contributed by atoms with Crippen LogP contribution < -0.4 is 0 Å². The molecule has 1 heterocycles. The van der Waals surface area contributed by atoms with Gasteiger partial charge >= 0.3 is 0 Å². The van der Waals surface area contributed by atoms with Gasteiger partial charge in [0.15, 0.2) is 0 Å². The molecule has 6 heteroatoms. The average Bonchev–Trinajstić information content (AvgIpc) is 2.52. The van der Waals surface area contributed by atoms with Crippen molar-refractivity contribution < 1.29 is 14.8 Å². The summed E-state index contributed by atoms with van der Waals surface area (Å²) in [6.45, 7) is 5.37. The van der Waals surface area contributed by atoms with Crippen molar-refractivity contribution in [1.29, 1.82) is 0 Å². The fourth-order valence-corrected chi connectivity index (χ4v) is 2.52. The summed E-state index contributed by atoms with van der Waals surface area (Å²) in [7, 11) is 0. The van der Waals surface area contributed by atoms with Crippen molar-refractivity contribution in [2.45, 2.75) is 32.0 Å². The van der Waals surface area contributed by atoms with Crippen molar-refractivity contribution in [1.82, 2.24) is 4.90 Å². The Bertz CT molecular complexity index is 463. The van der Waals surface area contributed by atoms with Gasteiger partial charge in [-0.2, -0.15) is 0 Å². The number of nitro benzene ring substituents is 1. The van der Waals surface area contributed by atoms with Gasteiger partial charge in [-0.15, -0.1) is 0 Å². The summed E-state index contributed by atoms with van der Waals surface area (Å²) in [5.74, 6) is 0. The van der Waals surface area contributed by atoms with Crippen LogP contribution in [0.25, 0.3) is 0 Å². The van der Waals surface area contributed by atoms with Crippen LogP contribution in [-0.2, 0) is 4.74 Å². The molecule has 0 amide bonds. The number of rotatable bonds is 6. The molecule has 0 aliphatic carbocycles. The molecule has 0 spiro atoms. The molecule has 1 aromatic carbocycles. The minimum absolute atomic E-state index is 0.0279. The topological polar surface area (TPSA) is 75.8 Å². The Kier molecular flexibility index (Phi) is 5.67. The first-order valence-corrected chi connectivity index (χ1v) is 7.38. The van der Waals surface area contributed by atoms with Crippen molar-refractivity contribution in [3.63, 3.8) is 0 Å². The van der Waals surface area contributed by atoms with Gasteiger partial charge in [0, 0.05) is 25.2 Å². The van der Waals surface area contributed by atoms with E-state index < -0.39 is 11.0 Å². The summed E-state index contributed by atoms with van der Waals surface area (Å²) >= 11 is 0. The predicted molar refractivity (Wildman–Crippen MR) is 79.1 cm³/mol. The number of nitrogens with zero attached hydrogens (tertiary/aromatic N) is 2. The molecule has 1 aromatic rings. The molecule has 116 valence electrons. The highest BCUT2D eigenvalue weighted by atomic mass is 16.6. The molecular weight excluding hydrogens is 272 g/mol. The molecule has 1 N–H and O–H groups in total. The van der Waals surface area contributed by atoms with Crippen LogP contribution in [0.1, 0.15) is 31.4 Å². The standard InChI is InChI=1S/C15H22N2O4/c1-2-3-8-16-9-10-21-14(11-16)15(18)12-4-6-13(7-5-12)17(19)20/h4-7,14-15,18H,2-3,8-11H2,1H3/t14-,15+/m1/s1. The maximum absolute atomic E-state index is 10.6. The van der Waals surface area contributed by atoms with Gasteiger partial charge in [-0.3, -0.25) is 15.0 Å². The molecular formula is C15H22N2O4. The number of unbranched alkanes of at least 4 members (excludes halogenated alkanes) is 1. The van der Waals surface area contributed by atoms with Crippen LogP contribution in [-0.4, -0.2) is 47.3 Å². The van der Waals surface area contributed by atoms with E-state index in [-0.39, 0.29) is 11.8 Å². The SMILES string of the molecule is CCCCN1CCO[C@@H]([C@@H](O)c2ccc([N+](=O)[O-])cc2)C1. The number of nitro groups is 1. The van der Waals surface area contributed by atoms with Gasteiger partial charge in [0.2, 0.25) is 0 Å². The van der Waals surface area contributed by atoms with Crippen LogP contribution in [0.5, 0.6) is 0 Å². The minimum atomic E-state index is -0.754. The van der Waals surface area contributed by atoms with E-state index in [1.54, 1.807) is 12.1 Å². The van der Waals surface area contributed by atoms with Crippen LogP contribution in [0.4, 0.5) is 5.69 Å². The smallest absolute Gasteiger partial charge is 0.269 e. The number of ether oxygens (including phenoxy) is 1. The summed E-state index contributed by atoms with van der Waals surface area (Å²) in [6, 6.07) is 6.01. The van der Waals surface area contributed by atoms with Crippen LogP contribution in [0, 0.1) is 10.1 Å². The van der Waals surface area contributed by atoms with Crippen molar-refractivity contribution in [2.75, 3.05) is 26.2 Å². The third kappa shape index (κ3) is 4.23. The Morgan fingerprint density at radius 2 is 2.19 bits per heavy atom. The number of aliphatic hydroxyl groups excluding tert-OH is 1. The van der Waals surface area contributed by atoms with Gasteiger partial charge in [-0.05, 0) is 30.7 Å². The Morgan fingerprint density at radius 3 is 2.81 bits per heavy atom. The first-order chi connectivity index (χ1) is 10.1. The zero-order valence-corrected chi connectivity index (χ0v) is 12.3. The Balaban J connectivity index is 1.98.